The standard InChI is InChI=1S/C11H10BrN5O2/c1-5-2-7(12)8(3-6(5)11(18)19)16-17-9(4-13)10(14)15/h2-3,16H,1H3,(H3,14,15)(H,18,19)/b17-9+. The molecule has 0 bridgehead atoms. The molecule has 8 heteroatoms. The summed E-state index contributed by atoms with van der Waals surface area (Å²) in [6, 6.07) is 4.63. The van der Waals surface area contributed by atoms with Crippen molar-refractivity contribution in [2.24, 2.45) is 10.8 Å². The van der Waals surface area contributed by atoms with Crippen molar-refractivity contribution in [3.63, 3.8) is 0 Å². The number of carbonyl (C=O) groups is 1. The summed E-state index contributed by atoms with van der Waals surface area (Å²) < 4.78 is 0.583. The first-order valence-corrected chi connectivity index (χ1v) is 5.77. The van der Waals surface area contributed by atoms with E-state index in [9.17, 15) is 4.79 Å². The summed E-state index contributed by atoms with van der Waals surface area (Å²) in [7, 11) is 0. The lowest BCUT2D eigenvalue weighted by Crippen LogP contribution is -2.22. The number of rotatable bonds is 4. The first kappa shape index (κ1) is 14.7. The van der Waals surface area contributed by atoms with Crippen LogP contribution in [0.4, 0.5) is 5.69 Å². The van der Waals surface area contributed by atoms with Gasteiger partial charge in [-0.25, -0.2) is 4.79 Å². The first-order chi connectivity index (χ1) is 8.86. The predicted octanol–water partition coefficient (Wildman–Crippen LogP) is 1.68. The van der Waals surface area contributed by atoms with Gasteiger partial charge in [-0.2, -0.15) is 10.4 Å². The van der Waals surface area contributed by atoms with Crippen molar-refractivity contribution in [1.82, 2.24) is 0 Å². The number of nitrogens with zero attached hydrogens (tertiary/aromatic N) is 2. The maximum absolute atomic E-state index is 11.0. The van der Waals surface area contributed by atoms with E-state index < -0.39 is 11.8 Å². The molecule has 0 atom stereocenters. The largest absolute Gasteiger partial charge is 0.478 e. The molecule has 0 heterocycles. The molecule has 0 saturated carbocycles. The van der Waals surface area contributed by atoms with Crippen LogP contribution < -0.4 is 11.2 Å². The van der Waals surface area contributed by atoms with Crippen LogP contribution in [0.3, 0.4) is 0 Å². The van der Waals surface area contributed by atoms with Gasteiger partial charge in [0.1, 0.15) is 6.07 Å². The van der Waals surface area contributed by atoms with Gasteiger partial charge in [-0.3, -0.25) is 10.8 Å². The Morgan fingerprint density at radius 3 is 2.74 bits per heavy atom. The molecule has 98 valence electrons. The molecule has 0 saturated heterocycles. The van der Waals surface area contributed by atoms with Crippen molar-refractivity contribution in [2.45, 2.75) is 6.92 Å². The highest BCUT2D eigenvalue weighted by atomic mass is 79.9. The zero-order chi connectivity index (χ0) is 14.6. The zero-order valence-electron chi connectivity index (χ0n) is 9.86. The first-order valence-electron chi connectivity index (χ1n) is 4.98. The summed E-state index contributed by atoms with van der Waals surface area (Å²) in [5.41, 5.74) is 8.41. The van der Waals surface area contributed by atoms with E-state index in [0.29, 0.717) is 15.7 Å². The lowest BCUT2D eigenvalue weighted by molar-refractivity contribution is 0.0696. The number of aromatic carboxylic acids is 1. The minimum atomic E-state index is -1.07. The Morgan fingerprint density at radius 1 is 1.63 bits per heavy atom. The van der Waals surface area contributed by atoms with Gasteiger partial charge in [-0.15, -0.1) is 0 Å². The number of nitrogens with two attached hydrogens (primary N) is 1. The van der Waals surface area contributed by atoms with Crippen molar-refractivity contribution in [3.8, 4) is 6.07 Å². The molecule has 1 aromatic rings. The number of aryl methyl sites for hydroxylation is 1. The van der Waals surface area contributed by atoms with E-state index in [4.69, 9.17) is 21.5 Å². The Hall–Kier alpha value is -2.40. The summed E-state index contributed by atoms with van der Waals surface area (Å²) in [5.74, 6) is -1.54. The number of anilines is 1. The van der Waals surface area contributed by atoms with E-state index in [1.165, 1.54) is 6.07 Å². The second kappa shape index (κ2) is 5.97. The van der Waals surface area contributed by atoms with E-state index >= 15 is 0 Å². The van der Waals surface area contributed by atoms with E-state index in [1.54, 1.807) is 19.1 Å². The quantitative estimate of drug-likeness (QED) is 0.379. The Labute approximate surface area is 117 Å². The fourth-order valence-electron chi connectivity index (χ4n) is 1.25. The van der Waals surface area contributed by atoms with Crippen molar-refractivity contribution in [3.05, 3.63) is 27.7 Å². The molecule has 1 rings (SSSR count). The van der Waals surface area contributed by atoms with Crippen molar-refractivity contribution in [1.29, 1.82) is 10.7 Å². The number of hydrogen-bond acceptors (Lipinski definition) is 5. The summed E-state index contributed by atoms with van der Waals surface area (Å²) in [4.78, 5) is 11.0. The van der Waals surface area contributed by atoms with Gasteiger partial charge in [0.2, 0.25) is 5.71 Å². The Balaban J connectivity index is 3.16. The third-order valence-electron chi connectivity index (χ3n) is 2.19. The van der Waals surface area contributed by atoms with Crippen molar-refractivity contribution >= 4 is 39.1 Å². The Morgan fingerprint density at radius 2 is 2.26 bits per heavy atom. The molecule has 5 N–H and O–H groups in total. The number of amidine groups is 1. The van der Waals surface area contributed by atoms with Crippen molar-refractivity contribution in [2.75, 3.05) is 5.43 Å². The van der Waals surface area contributed by atoms with Gasteiger partial charge in [-0.05, 0) is 40.5 Å². The smallest absolute Gasteiger partial charge is 0.336 e. The molecule has 0 aromatic heterocycles. The van der Waals surface area contributed by atoms with Gasteiger partial charge in [0.15, 0.2) is 5.84 Å². The van der Waals surface area contributed by atoms with Gasteiger partial charge in [-0.1, -0.05) is 0 Å². The maximum Gasteiger partial charge on any atom is 0.336 e. The minimum absolute atomic E-state index is 0.113. The predicted molar refractivity (Wildman–Crippen MR) is 74.4 cm³/mol. The molecular weight excluding hydrogens is 314 g/mol. The number of hydrazone groups is 1. The average molecular weight is 324 g/mol. The van der Waals surface area contributed by atoms with Crippen LogP contribution in [0.2, 0.25) is 0 Å². The molecule has 0 aliphatic heterocycles. The highest BCUT2D eigenvalue weighted by Gasteiger charge is 2.11. The molecule has 0 spiro atoms. The van der Waals surface area contributed by atoms with Gasteiger partial charge in [0.25, 0.3) is 0 Å². The van der Waals surface area contributed by atoms with E-state index in [1.807, 2.05) is 0 Å². The van der Waals surface area contributed by atoms with Crippen molar-refractivity contribution < 1.29 is 9.90 Å². The summed E-state index contributed by atoms with van der Waals surface area (Å²) in [5, 5.41) is 28.4. The average Bonchev–Trinajstić information content (AvgIpc) is 2.31. The molecular formula is C11H10BrN5O2. The second-order valence-corrected chi connectivity index (χ2v) is 4.40. The number of halogens is 1. The second-order valence-electron chi connectivity index (χ2n) is 3.55. The van der Waals surface area contributed by atoms with Crippen LogP contribution in [0, 0.1) is 23.7 Å². The fraction of sp³-hybridized carbons (Fsp3) is 0.0909. The summed E-state index contributed by atoms with van der Waals surface area (Å²) in [6.45, 7) is 1.66. The molecule has 0 aliphatic rings. The van der Waals surface area contributed by atoms with Crippen LogP contribution in [0.5, 0.6) is 0 Å². The lowest BCUT2D eigenvalue weighted by Gasteiger charge is -2.08. The third kappa shape index (κ3) is 3.53. The lowest BCUT2D eigenvalue weighted by atomic mass is 10.1. The molecule has 19 heavy (non-hydrogen) atoms. The number of carboxylic acid groups (broad SMARTS) is 1. The van der Waals surface area contributed by atoms with Crippen LogP contribution in [0.1, 0.15) is 15.9 Å². The van der Waals surface area contributed by atoms with Crippen LogP contribution in [0.25, 0.3) is 0 Å². The van der Waals surface area contributed by atoms with Crippen LogP contribution in [-0.4, -0.2) is 22.6 Å². The molecule has 0 aliphatic carbocycles. The van der Waals surface area contributed by atoms with Crippen LogP contribution >= 0.6 is 15.9 Å². The normalized spacial score (nSPS) is 10.7. The number of carboxylic acids is 1. The number of nitriles is 1. The van der Waals surface area contributed by atoms with Gasteiger partial charge >= 0.3 is 5.97 Å². The summed E-state index contributed by atoms with van der Waals surface area (Å²) >= 11 is 3.25. The molecule has 0 amide bonds. The molecule has 0 fully saturated rings. The molecule has 0 radical (unpaired) electrons. The van der Waals surface area contributed by atoms with Gasteiger partial charge in [0, 0.05) is 4.47 Å². The Kier molecular flexibility index (Phi) is 4.61. The number of hydrogen-bond donors (Lipinski definition) is 4. The number of benzene rings is 1. The highest BCUT2D eigenvalue weighted by Crippen LogP contribution is 2.26. The zero-order valence-corrected chi connectivity index (χ0v) is 11.4. The topological polar surface area (TPSA) is 135 Å². The van der Waals surface area contributed by atoms with Crippen LogP contribution in [-0.2, 0) is 0 Å². The summed E-state index contributed by atoms with van der Waals surface area (Å²) in [6.07, 6.45) is 0. The van der Waals surface area contributed by atoms with E-state index in [-0.39, 0.29) is 11.3 Å². The van der Waals surface area contributed by atoms with Gasteiger partial charge in [0.05, 0.1) is 11.3 Å². The maximum atomic E-state index is 11.0. The minimum Gasteiger partial charge on any atom is -0.478 e. The SMILES string of the molecule is Cc1cc(Br)c(N/N=C(\C#N)C(=N)N)cc1C(=O)O. The highest BCUT2D eigenvalue weighted by molar-refractivity contribution is 9.10. The fourth-order valence-corrected chi connectivity index (χ4v) is 1.80. The molecule has 7 nitrogen and oxygen atoms in total. The Bertz CT molecular complexity index is 618. The van der Waals surface area contributed by atoms with Crippen LogP contribution in [0.15, 0.2) is 21.7 Å². The molecule has 1 aromatic carbocycles. The molecule has 0 unspecified atom stereocenters. The third-order valence-corrected chi connectivity index (χ3v) is 2.85. The van der Waals surface area contributed by atoms with E-state index in [2.05, 4.69) is 26.5 Å². The number of nitrogens with one attached hydrogen (secondary N) is 2. The monoisotopic (exact) mass is 323 g/mol. The van der Waals surface area contributed by atoms with Gasteiger partial charge < -0.3 is 10.8 Å². The van der Waals surface area contributed by atoms with E-state index in [0.717, 1.165) is 0 Å².